The quantitative estimate of drug-likeness (QED) is 0.878. The average molecular weight is 312 g/mol. The summed E-state index contributed by atoms with van der Waals surface area (Å²) in [7, 11) is 1.96. The van der Waals surface area contributed by atoms with Crippen LogP contribution in [-0.4, -0.2) is 40.3 Å². The van der Waals surface area contributed by atoms with E-state index < -0.39 is 11.6 Å². The molecule has 0 heterocycles. The maximum atomic E-state index is 11.0. The van der Waals surface area contributed by atoms with Gasteiger partial charge >= 0.3 is 5.97 Å². The highest BCUT2D eigenvalue weighted by Crippen LogP contribution is 2.33. The molecule has 1 aromatic rings. The minimum Gasteiger partial charge on any atom is -0.481 e. The maximum Gasteiger partial charge on any atom is 0.306 e. The third kappa shape index (κ3) is 4.70. The van der Waals surface area contributed by atoms with Gasteiger partial charge in [0.25, 0.3) is 0 Å². The molecule has 0 spiro atoms. The fourth-order valence-electron chi connectivity index (χ4n) is 3.07. The van der Waals surface area contributed by atoms with E-state index in [0.717, 1.165) is 5.56 Å². The van der Waals surface area contributed by atoms with Crippen molar-refractivity contribution in [2.45, 2.75) is 37.8 Å². The summed E-state index contributed by atoms with van der Waals surface area (Å²) in [6, 6.07) is 7.68. The van der Waals surface area contributed by atoms with Crippen molar-refractivity contribution >= 4 is 17.6 Å². The standard InChI is InChI=1S/C16H22ClNO3/c1-18(10-12-3-2-4-14(17)9-12)11-16(21)7-5-13(6-8-16)15(19)20/h2-4,9,13,21H,5-8,10-11H2,1H3,(H,19,20). The first kappa shape index (κ1) is 16.3. The molecule has 2 N–H and O–H groups in total. The fraction of sp³-hybridized carbons (Fsp3) is 0.562. The molecule has 0 atom stereocenters. The summed E-state index contributed by atoms with van der Waals surface area (Å²) in [4.78, 5) is 13.0. The first-order valence-corrected chi connectivity index (χ1v) is 7.64. The van der Waals surface area contributed by atoms with Gasteiger partial charge in [0.05, 0.1) is 11.5 Å². The van der Waals surface area contributed by atoms with E-state index >= 15 is 0 Å². The molecule has 1 aromatic carbocycles. The minimum absolute atomic E-state index is 0.302. The second-order valence-corrected chi connectivity index (χ2v) is 6.58. The Bertz CT molecular complexity index is 498. The van der Waals surface area contributed by atoms with Gasteiger partial charge in [-0.15, -0.1) is 0 Å². The van der Waals surface area contributed by atoms with Gasteiger partial charge in [0.1, 0.15) is 0 Å². The van der Waals surface area contributed by atoms with Crippen LogP contribution in [0.3, 0.4) is 0 Å². The molecule has 0 unspecified atom stereocenters. The highest BCUT2D eigenvalue weighted by Gasteiger charge is 2.36. The molecular formula is C16H22ClNO3. The van der Waals surface area contributed by atoms with Gasteiger partial charge in [-0.05, 0) is 50.4 Å². The van der Waals surface area contributed by atoms with Gasteiger partial charge in [-0.3, -0.25) is 9.69 Å². The van der Waals surface area contributed by atoms with Crippen LogP contribution in [0.4, 0.5) is 0 Å². The van der Waals surface area contributed by atoms with Gasteiger partial charge in [-0.25, -0.2) is 0 Å². The molecule has 1 saturated carbocycles. The van der Waals surface area contributed by atoms with E-state index in [0.29, 0.717) is 43.8 Å². The zero-order valence-corrected chi connectivity index (χ0v) is 13.0. The second-order valence-electron chi connectivity index (χ2n) is 6.14. The molecule has 21 heavy (non-hydrogen) atoms. The molecule has 4 nitrogen and oxygen atoms in total. The van der Waals surface area contributed by atoms with Crippen molar-refractivity contribution in [1.29, 1.82) is 0 Å². The Morgan fingerprint density at radius 1 is 1.43 bits per heavy atom. The SMILES string of the molecule is CN(Cc1cccc(Cl)c1)CC1(O)CCC(C(=O)O)CC1. The molecule has 0 amide bonds. The predicted octanol–water partition coefficient (Wildman–Crippen LogP) is 2.78. The molecule has 1 aliphatic rings. The molecule has 0 aliphatic heterocycles. The lowest BCUT2D eigenvalue weighted by Crippen LogP contribution is -2.44. The van der Waals surface area contributed by atoms with Crippen LogP contribution in [0.2, 0.25) is 5.02 Å². The highest BCUT2D eigenvalue weighted by molar-refractivity contribution is 6.30. The van der Waals surface area contributed by atoms with E-state index in [2.05, 4.69) is 4.90 Å². The van der Waals surface area contributed by atoms with Crippen molar-refractivity contribution in [3.05, 3.63) is 34.9 Å². The number of aliphatic carboxylic acids is 1. The summed E-state index contributed by atoms with van der Waals surface area (Å²) in [6.07, 6.45) is 2.20. The Balaban J connectivity index is 1.87. The third-order valence-corrected chi connectivity index (χ3v) is 4.41. The van der Waals surface area contributed by atoms with E-state index in [1.54, 1.807) is 0 Å². The van der Waals surface area contributed by atoms with Crippen LogP contribution in [0.5, 0.6) is 0 Å². The van der Waals surface area contributed by atoms with Gasteiger partial charge in [0, 0.05) is 18.1 Å². The largest absolute Gasteiger partial charge is 0.481 e. The zero-order valence-electron chi connectivity index (χ0n) is 12.3. The molecule has 1 aliphatic carbocycles. The number of likely N-dealkylation sites (N-methyl/N-ethyl adjacent to an activating group) is 1. The molecule has 0 radical (unpaired) electrons. The molecular weight excluding hydrogens is 290 g/mol. The van der Waals surface area contributed by atoms with Gasteiger partial charge in [-0.2, -0.15) is 0 Å². The van der Waals surface area contributed by atoms with E-state index in [1.807, 2.05) is 31.3 Å². The number of carboxylic acids is 1. The fourth-order valence-corrected chi connectivity index (χ4v) is 3.28. The number of aliphatic hydroxyl groups is 1. The van der Waals surface area contributed by atoms with Crippen LogP contribution < -0.4 is 0 Å². The third-order valence-electron chi connectivity index (χ3n) is 4.17. The van der Waals surface area contributed by atoms with Crippen molar-refractivity contribution in [2.75, 3.05) is 13.6 Å². The molecule has 116 valence electrons. The van der Waals surface area contributed by atoms with Crippen LogP contribution in [0, 0.1) is 5.92 Å². The van der Waals surface area contributed by atoms with Crippen LogP contribution in [0.15, 0.2) is 24.3 Å². The smallest absolute Gasteiger partial charge is 0.306 e. The number of halogens is 1. The Morgan fingerprint density at radius 2 is 2.10 bits per heavy atom. The first-order valence-electron chi connectivity index (χ1n) is 7.26. The lowest BCUT2D eigenvalue weighted by atomic mass is 9.78. The number of carbonyl (C=O) groups is 1. The summed E-state index contributed by atoms with van der Waals surface area (Å²) in [5.41, 5.74) is 0.326. The van der Waals surface area contributed by atoms with Crippen molar-refractivity contribution in [2.24, 2.45) is 5.92 Å². The molecule has 2 rings (SSSR count). The number of benzene rings is 1. The number of nitrogens with zero attached hydrogens (tertiary/aromatic N) is 1. The van der Waals surface area contributed by atoms with E-state index in [-0.39, 0.29) is 5.92 Å². The van der Waals surface area contributed by atoms with Crippen molar-refractivity contribution in [3.63, 3.8) is 0 Å². The molecule has 0 bridgehead atoms. The summed E-state index contributed by atoms with van der Waals surface area (Å²) < 4.78 is 0. The van der Waals surface area contributed by atoms with Gasteiger partial charge < -0.3 is 10.2 Å². The van der Waals surface area contributed by atoms with Crippen LogP contribution in [-0.2, 0) is 11.3 Å². The topological polar surface area (TPSA) is 60.8 Å². The summed E-state index contributed by atoms with van der Waals surface area (Å²) in [5.74, 6) is -1.05. The van der Waals surface area contributed by atoms with E-state index in [1.165, 1.54) is 0 Å². The first-order chi connectivity index (χ1) is 9.88. The number of carboxylic acid groups (broad SMARTS) is 1. The number of rotatable bonds is 5. The summed E-state index contributed by atoms with van der Waals surface area (Å²) >= 11 is 5.97. The lowest BCUT2D eigenvalue weighted by Gasteiger charge is -2.37. The zero-order chi connectivity index (χ0) is 15.5. The Kier molecular flexibility index (Phi) is 5.25. The highest BCUT2D eigenvalue weighted by atomic mass is 35.5. The minimum atomic E-state index is -0.778. The van der Waals surface area contributed by atoms with Gasteiger partial charge in [-0.1, -0.05) is 23.7 Å². The Hall–Kier alpha value is -1.10. The average Bonchev–Trinajstić information content (AvgIpc) is 2.38. The van der Waals surface area contributed by atoms with Crippen LogP contribution in [0.1, 0.15) is 31.2 Å². The van der Waals surface area contributed by atoms with Crippen LogP contribution in [0.25, 0.3) is 0 Å². The maximum absolute atomic E-state index is 11.0. The second kappa shape index (κ2) is 6.77. The molecule has 1 fully saturated rings. The Morgan fingerprint density at radius 3 is 2.67 bits per heavy atom. The van der Waals surface area contributed by atoms with E-state index in [9.17, 15) is 9.90 Å². The summed E-state index contributed by atoms with van der Waals surface area (Å²) in [6.45, 7) is 1.26. The van der Waals surface area contributed by atoms with Crippen molar-refractivity contribution < 1.29 is 15.0 Å². The lowest BCUT2D eigenvalue weighted by molar-refractivity contribution is -0.145. The normalized spacial score (nSPS) is 26.0. The molecule has 5 heteroatoms. The monoisotopic (exact) mass is 311 g/mol. The van der Waals surface area contributed by atoms with Crippen LogP contribution >= 0.6 is 11.6 Å². The van der Waals surface area contributed by atoms with Crippen molar-refractivity contribution in [3.8, 4) is 0 Å². The number of hydrogen-bond acceptors (Lipinski definition) is 3. The molecule has 0 saturated heterocycles. The van der Waals surface area contributed by atoms with Gasteiger partial charge in [0.15, 0.2) is 0 Å². The predicted molar refractivity (Wildman–Crippen MR) is 82.3 cm³/mol. The van der Waals surface area contributed by atoms with Crippen molar-refractivity contribution in [1.82, 2.24) is 4.90 Å². The summed E-state index contributed by atoms with van der Waals surface area (Å²) in [5, 5.41) is 20.3. The van der Waals surface area contributed by atoms with E-state index in [4.69, 9.17) is 16.7 Å². The van der Waals surface area contributed by atoms with Gasteiger partial charge in [0.2, 0.25) is 0 Å². The molecule has 0 aromatic heterocycles. The Labute approximate surface area is 130 Å². The number of hydrogen-bond donors (Lipinski definition) is 2.